The number of halogens is 2. The topological polar surface area (TPSA) is 119 Å². The van der Waals surface area contributed by atoms with Crippen LogP contribution in [0.25, 0.3) is 17.3 Å². The Morgan fingerprint density at radius 2 is 1.67 bits per heavy atom. The summed E-state index contributed by atoms with van der Waals surface area (Å²) < 4.78 is 10.9. The lowest BCUT2D eigenvalue weighted by Gasteiger charge is -2.14. The quantitative estimate of drug-likeness (QED) is 0.0878. The third kappa shape index (κ3) is 8.96. The van der Waals surface area contributed by atoms with Gasteiger partial charge in [-0.3, -0.25) is 14.4 Å². The van der Waals surface area contributed by atoms with Crippen LogP contribution in [0, 0.1) is 0 Å². The first kappa shape index (κ1) is 34.5. The molecule has 0 atom stereocenters. The Hall–Kier alpha value is -4.81. The second-order valence-electron chi connectivity index (χ2n) is 9.94. The molecule has 48 heavy (non-hydrogen) atoms. The van der Waals surface area contributed by atoms with Crippen LogP contribution >= 0.6 is 46.3 Å². The van der Waals surface area contributed by atoms with Crippen molar-refractivity contribution in [2.75, 3.05) is 30.6 Å². The van der Waals surface area contributed by atoms with E-state index in [9.17, 15) is 14.4 Å². The zero-order chi connectivity index (χ0) is 34.0. The Bertz CT molecular complexity index is 1970. The van der Waals surface area contributed by atoms with Gasteiger partial charge in [0.15, 0.2) is 16.6 Å². The number of carbonyl (C=O) groups is 3. The molecular formula is C35H28Cl2N4O5S2. The van der Waals surface area contributed by atoms with Gasteiger partial charge in [0.25, 0.3) is 11.8 Å². The van der Waals surface area contributed by atoms with Gasteiger partial charge < -0.3 is 25.4 Å². The molecule has 5 aromatic rings. The fourth-order valence-electron chi connectivity index (χ4n) is 4.41. The van der Waals surface area contributed by atoms with Crippen LogP contribution in [-0.4, -0.2) is 42.7 Å². The Morgan fingerprint density at radius 3 is 2.38 bits per heavy atom. The molecule has 0 aliphatic rings. The summed E-state index contributed by atoms with van der Waals surface area (Å²) in [6.45, 7) is 0. The number of amides is 3. The van der Waals surface area contributed by atoms with Gasteiger partial charge in [-0.05, 0) is 66.7 Å². The lowest BCUT2D eigenvalue weighted by Crippen LogP contribution is -2.30. The van der Waals surface area contributed by atoms with Crippen LogP contribution in [0.1, 0.15) is 15.9 Å². The maximum atomic E-state index is 13.5. The van der Waals surface area contributed by atoms with Gasteiger partial charge >= 0.3 is 0 Å². The van der Waals surface area contributed by atoms with Crippen molar-refractivity contribution in [3.63, 3.8) is 0 Å². The summed E-state index contributed by atoms with van der Waals surface area (Å²) in [5, 5.41) is 11.6. The maximum absolute atomic E-state index is 13.5. The van der Waals surface area contributed by atoms with Gasteiger partial charge in [0, 0.05) is 37.7 Å². The molecule has 0 saturated carbocycles. The molecule has 0 saturated heterocycles. The van der Waals surface area contributed by atoms with E-state index in [-0.39, 0.29) is 17.4 Å². The van der Waals surface area contributed by atoms with E-state index in [2.05, 4.69) is 20.9 Å². The standard InChI is InChI=1S/C35H28Cl2N4O5S2/c1-45-30-10-6-9-22(32(30)46-2)17-28(39-33(43)21-7-4-3-5-8-21)34(44)38-24-12-14-25(15-13-24)47-20-31(42)41-35-40-29(19-48-35)26-16-11-23(36)18-27(26)37/h3-19H,20H2,1-2H3,(H,38,44)(H,39,43)(H,40,41,42)/b28-17-. The number of rotatable bonds is 12. The summed E-state index contributed by atoms with van der Waals surface area (Å²) in [4.78, 5) is 44.4. The van der Waals surface area contributed by atoms with Crippen molar-refractivity contribution >= 4 is 80.9 Å². The fraction of sp³-hybridized carbons (Fsp3) is 0.0857. The van der Waals surface area contributed by atoms with E-state index in [1.807, 2.05) is 5.38 Å². The summed E-state index contributed by atoms with van der Waals surface area (Å²) in [7, 11) is 3.01. The highest BCUT2D eigenvalue weighted by Gasteiger charge is 2.18. The van der Waals surface area contributed by atoms with E-state index in [1.165, 1.54) is 43.4 Å². The molecule has 3 N–H and O–H groups in total. The summed E-state index contributed by atoms with van der Waals surface area (Å²) >= 11 is 14.9. The molecule has 0 aliphatic carbocycles. The van der Waals surface area contributed by atoms with Gasteiger partial charge in [0.05, 0.1) is 30.7 Å². The van der Waals surface area contributed by atoms with Gasteiger partial charge in [0.1, 0.15) is 5.70 Å². The minimum atomic E-state index is -0.549. The fourth-order valence-corrected chi connectivity index (χ4v) is 6.34. The number of carbonyl (C=O) groups excluding carboxylic acids is 3. The van der Waals surface area contributed by atoms with Crippen molar-refractivity contribution in [2.45, 2.75) is 4.90 Å². The first-order valence-electron chi connectivity index (χ1n) is 14.3. The van der Waals surface area contributed by atoms with Crippen molar-refractivity contribution in [1.82, 2.24) is 10.3 Å². The van der Waals surface area contributed by atoms with Gasteiger partial charge in [-0.25, -0.2) is 4.98 Å². The molecule has 0 radical (unpaired) electrons. The van der Waals surface area contributed by atoms with E-state index in [4.69, 9.17) is 32.7 Å². The molecule has 13 heteroatoms. The van der Waals surface area contributed by atoms with Crippen molar-refractivity contribution < 1.29 is 23.9 Å². The monoisotopic (exact) mass is 718 g/mol. The number of anilines is 2. The summed E-state index contributed by atoms with van der Waals surface area (Å²) in [5.41, 5.74) is 2.77. The highest BCUT2D eigenvalue weighted by atomic mass is 35.5. The summed E-state index contributed by atoms with van der Waals surface area (Å²) in [5.74, 6) is -0.202. The molecule has 0 spiro atoms. The van der Waals surface area contributed by atoms with E-state index in [0.29, 0.717) is 49.2 Å². The SMILES string of the molecule is COc1cccc(/C=C(\NC(=O)c2ccccc2)C(=O)Nc2ccc(SCC(=O)Nc3nc(-c4ccc(Cl)cc4Cl)cs3)cc2)c1OC. The predicted molar refractivity (Wildman–Crippen MR) is 193 cm³/mol. The smallest absolute Gasteiger partial charge is 0.272 e. The third-order valence-electron chi connectivity index (χ3n) is 6.70. The predicted octanol–water partition coefficient (Wildman–Crippen LogP) is 8.27. The summed E-state index contributed by atoms with van der Waals surface area (Å²) in [6.07, 6.45) is 1.52. The largest absolute Gasteiger partial charge is 0.493 e. The zero-order valence-electron chi connectivity index (χ0n) is 25.6. The maximum Gasteiger partial charge on any atom is 0.272 e. The van der Waals surface area contributed by atoms with E-state index in [1.54, 1.807) is 91.0 Å². The molecular weight excluding hydrogens is 691 g/mol. The molecule has 9 nitrogen and oxygen atoms in total. The highest BCUT2D eigenvalue weighted by molar-refractivity contribution is 8.00. The number of thiazole rings is 1. The van der Waals surface area contributed by atoms with Crippen molar-refractivity contribution in [2.24, 2.45) is 0 Å². The summed E-state index contributed by atoms with van der Waals surface area (Å²) in [6, 6.07) is 26.0. The van der Waals surface area contributed by atoms with Crippen molar-refractivity contribution in [3.8, 4) is 22.8 Å². The molecule has 0 bridgehead atoms. The van der Waals surface area contributed by atoms with Crippen LogP contribution in [0.2, 0.25) is 10.0 Å². The van der Waals surface area contributed by atoms with Crippen LogP contribution < -0.4 is 25.4 Å². The molecule has 3 amide bonds. The average Bonchev–Trinajstić information content (AvgIpc) is 3.55. The number of thioether (sulfide) groups is 1. The Morgan fingerprint density at radius 1 is 0.896 bits per heavy atom. The second-order valence-corrected chi connectivity index (χ2v) is 12.7. The molecule has 1 aromatic heterocycles. The van der Waals surface area contributed by atoms with Crippen LogP contribution in [-0.2, 0) is 9.59 Å². The van der Waals surface area contributed by atoms with Crippen LogP contribution in [0.15, 0.2) is 107 Å². The number of nitrogens with zero attached hydrogens (tertiary/aromatic N) is 1. The Balaban J connectivity index is 1.23. The van der Waals surface area contributed by atoms with E-state index in [0.717, 1.165) is 10.5 Å². The van der Waals surface area contributed by atoms with Gasteiger partial charge in [-0.15, -0.1) is 23.1 Å². The van der Waals surface area contributed by atoms with Crippen LogP contribution in [0.5, 0.6) is 11.5 Å². The van der Waals surface area contributed by atoms with Crippen LogP contribution in [0.3, 0.4) is 0 Å². The Labute approximate surface area is 295 Å². The molecule has 5 rings (SSSR count). The molecule has 4 aromatic carbocycles. The second kappa shape index (κ2) is 16.3. The zero-order valence-corrected chi connectivity index (χ0v) is 28.7. The van der Waals surface area contributed by atoms with Gasteiger partial charge in [0.2, 0.25) is 5.91 Å². The normalized spacial score (nSPS) is 11.0. The van der Waals surface area contributed by atoms with Gasteiger partial charge in [-0.2, -0.15) is 0 Å². The number of nitrogens with one attached hydrogen (secondary N) is 3. The number of benzene rings is 4. The lowest BCUT2D eigenvalue weighted by atomic mass is 10.1. The minimum Gasteiger partial charge on any atom is -0.493 e. The highest BCUT2D eigenvalue weighted by Crippen LogP contribution is 2.33. The number of aromatic nitrogens is 1. The Kier molecular flexibility index (Phi) is 11.8. The third-order valence-corrected chi connectivity index (χ3v) is 9.02. The average molecular weight is 720 g/mol. The van der Waals surface area contributed by atoms with Gasteiger partial charge in [-0.1, -0.05) is 53.5 Å². The molecule has 0 fully saturated rings. The number of hydrogen-bond donors (Lipinski definition) is 3. The molecule has 0 aliphatic heterocycles. The first-order valence-corrected chi connectivity index (χ1v) is 16.9. The number of ether oxygens (including phenoxy) is 2. The van der Waals surface area contributed by atoms with Crippen molar-refractivity contribution in [3.05, 3.63) is 123 Å². The minimum absolute atomic E-state index is 0.00536. The number of methoxy groups -OCH3 is 2. The lowest BCUT2D eigenvalue weighted by molar-refractivity contribution is -0.114. The van der Waals surface area contributed by atoms with E-state index >= 15 is 0 Å². The number of hydrogen-bond acceptors (Lipinski definition) is 8. The van der Waals surface area contributed by atoms with E-state index < -0.39 is 11.8 Å². The molecule has 244 valence electrons. The first-order chi connectivity index (χ1) is 23.2. The van der Waals surface area contributed by atoms with Crippen LogP contribution in [0.4, 0.5) is 10.8 Å². The molecule has 1 heterocycles. The number of para-hydroxylation sites is 1. The van der Waals surface area contributed by atoms with Crippen molar-refractivity contribution in [1.29, 1.82) is 0 Å². The molecule has 0 unspecified atom stereocenters.